The SMILES string of the molecule is Cc1ccc2c(c1)N(S(C)(=O)=O)C[C@H](C(=O)Nc1ccc(C)c(C)c1)O2. The van der Waals surface area contributed by atoms with Crippen LogP contribution in [0.1, 0.15) is 16.7 Å². The van der Waals surface area contributed by atoms with E-state index in [2.05, 4.69) is 5.32 Å². The summed E-state index contributed by atoms with van der Waals surface area (Å²) in [5.41, 5.74) is 4.22. The zero-order chi connectivity index (χ0) is 19.1. The van der Waals surface area contributed by atoms with E-state index < -0.39 is 16.1 Å². The molecule has 2 aromatic rings. The van der Waals surface area contributed by atoms with Gasteiger partial charge >= 0.3 is 0 Å². The van der Waals surface area contributed by atoms with E-state index in [9.17, 15) is 13.2 Å². The number of benzene rings is 2. The number of nitrogens with zero attached hydrogens (tertiary/aromatic N) is 1. The third kappa shape index (κ3) is 3.67. The van der Waals surface area contributed by atoms with Gasteiger partial charge in [0.05, 0.1) is 18.5 Å². The molecular weight excluding hydrogens is 352 g/mol. The molecule has 138 valence electrons. The molecule has 0 spiro atoms. The number of nitrogens with one attached hydrogen (secondary N) is 1. The van der Waals surface area contributed by atoms with Gasteiger partial charge in [0.2, 0.25) is 10.0 Å². The second-order valence-electron chi connectivity index (χ2n) is 6.66. The molecule has 7 heteroatoms. The molecule has 26 heavy (non-hydrogen) atoms. The van der Waals surface area contributed by atoms with E-state index in [1.54, 1.807) is 12.1 Å². The van der Waals surface area contributed by atoms with Crippen molar-refractivity contribution in [2.45, 2.75) is 26.9 Å². The smallest absolute Gasteiger partial charge is 0.267 e. The fraction of sp³-hybridized carbons (Fsp3) is 0.316. The number of ether oxygens (including phenoxy) is 1. The Morgan fingerprint density at radius 3 is 2.50 bits per heavy atom. The third-order valence-electron chi connectivity index (χ3n) is 4.45. The Morgan fingerprint density at radius 1 is 1.12 bits per heavy atom. The van der Waals surface area contributed by atoms with Gasteiger partial charge in [0.25, 0.3) is 5.91 Å². The number of amides is 1. The summed E-state index contributed by atoms with van der Waals surface area (Å²) in [6, 6.07) is 10.9. The monoisotopic (exact) mass is 374 g/mol. The zero-order valence-corrected chi connectivity index (χ0v) is 16.1. The summed E-state index contributed by atoms with van der Waals surface area (Å²) in [6.45, 7) is 5.77. The van der Waals surface area contributed by atoms with Crippen LogP contribution in [0.15, 0.2) is 36.4 Å². The third-order valence-corrected chi connectivity index (χ3v) is 5.60. The maximum Gasteiger partial charge on any atom is 0.267 e. The van der Waals surface area contributed by atoms with Gasteiger partial charge in [0, 0.05) is 5.69 Å². The predicted octanol–water partition coefficient (Wildman–Crippen LogP) is 2.78. The molecule has 1 atom stereocenters. The molecule has 1 amide bonds. The Kier molecular flexibility index (Phi) is 4.66. The van der Waals surface area contributed by atoms with Crippen molar-refractivity contribution in [2.24, 2.45) is 0 Å². The first-order valence-corrected chi connectivity index (χ1v) is 10.1. The van der Waals surface area contributed by atoms with Crippen LogP contribution in [0, 0.1) is 20.8 Å². The maximum atomic E-state index is 12.7. The van der Waals surface area contributed by atoms with E-state index in [1.807, 2.05) is 45.0 Å². The van der Waals surface area contributed by atoms with Crippen molar-refractivity contribution in [3.05, 3.63) is 53.1 Å². The molecule has 1 heterocycles. The second-order valence-corrected chi connectivity index (χ2v) is 8.57. The molecule has 6 nitrogen and oxygen atoms in total. The lowest BCUT2D eigenvalue weighted by molar-refractivity contribution is -0.122. The summed E-state index contributed by atoms with van der Waals surface area (Å²) in [5, 5.41) is 2.81. The van der Waals surface area contributed by atoms with Crippen LogP contribution in [-0.2, 0) is 14.8 Å². The van der Waals surface area contributed by atoms with E-state index in [1.165, 1.54) is 4.31 Å². The molecule has 0 aromatic heterocycles. The highest BCUT2D eigenvalue weighted by Gasteiger charge is 2.35. The molecule has 1 aliphatic rings. The van der Waals surface area contributed by atoms with Gasteiger partial charge in [-0.25, -0.2) is 8.42 Å². The van der Waals surface area contributed by atoms with Gasteiger partial charge in [0.15, 0.2) is 6.10 Å². The lowest BCUT2D eigenvalue weighted by atomic mass is 10.1. The van der Waals surface area contributed by atoms with Gasteiger partial charge in [-0.15, -0.1) is 0 Å². The molecule has 1 aliphatic heterocycles. The first-order valence-electron chi connectivity index (χ1n) is 8.28. The fourth-order valence-electron chi connectivity index (χ4n) is 2.85. The van der Waals surface area contributed by atoms with Crippen LogP contribution >= 0.6 is 0 Å². The van der Waals surface area contributed by atoms with Crippen LogP contribution in [0.2, 0.25) is 0 Å². The van der Waals surface area contributed by atoms with Crippen LogP contribution in [-0.4, -0.2) is 33.2 Å². The average Bonchev–Trinajstić information content (AvgIpc) is 2.56. The number of fused-ring (bicyclic) bond motifs is 1. The summed E-state index contributed by atoms with van der Waals surface area (Å²) >= 11 is 0. The van der Waals surface area contributed by atoms with Gasteiger partial charge in [-0.05, 0) is 61.7 Å². The van der Waals surface area contributed by atoms with E-state index >= 15 is 0 Å². The first-order chi connectivity index (χ1) is 12.1. The summed E-state index contributed by atoms with van der Waals surface area (Å²) in [6.07, 6.45) is 0.199. The minimum absolute atomic E-state index is 0.0635. The summed E-state index contributed by atoms with van der Waals surface area (Å²) in [5.74, 6) is 0.000592. The van der Waals surface area contributed by atoms with Crippen LogP contribution in [0.3, 0.4) is 0 Å². The lowest BCUT2D eigenvalue weighted by Gasteiger charge is -2.34. The van der Waals surface area contributed by atoms with Gasteiger partial charge < -0.3 is 10.1 Å². The Bertz CT molecular complexity index is 969. The number of aryl methyl sites for hydroxylation is 3. The minimum atomic E-state index is -3.53. The predicted molar refractivity (Wildman–Crippen MR) is 102 cm³/mol. The average molecular weight is 374 g/mol. The Hall–Kier alpha value is -2.54. The number of hydrogen-bond donors (Lipinski definition) is 1. The summed E-state index contributed by atoms with van der Waals surface area (Å²) in [7, 11) is -3.53. The molecule has 0 radical (unpaired) electrons. The van der Waals surface area contributed by atoms with Crippen molar-refractivity contribution >= 4 is 27.3 Å². The Balaban J connectivity index is 1.88. The number of sulfonamides is 1. The van der Waals surface area contributed by atoms with Crippen molar-refractivity contribution in [3.8, 4) is 5.75 Å². The molecule has 0 unspecified atom stereocenters. The molecule has 2 aromatic carbocycles. The van der Waals surface area contributed by atoms with E-state index in [0.29, 0.717) is 17.1 Å². The van der Waals surface area contributed by atoms with Gasteiger partial charge in [-0.2, -0.15) is 0 Å². The largest absolute Gasteiger partial charge is 0.476 e. The minimum Gasteiger partial charge on any atom is -0.476 e. The molecule has 0 saturated heterocycles. The van der Waals surface area contributed by atoms with Crippen LogP contribution in [0.5, 0.6) is 5.75 Å². The van der Waals surface area contributed by atoms with Crippen LogP contribution in [0.25, 0.3) is 0 Å². The second kappa shape index (κ2) is 6.64. The highest BCUT2D eigenvalue weighted by molar-refractivity contribution is 7.92. The molecule has 0 aliphatic carbocycles. The maximum absolute atomic E-state index is 12.7. The molecule has 0 saturated carbocycles. The summed E-state index contributed by atoms with van der Waals surface area (Å²) in [4.78, 5) is 12.7. The molecule has 3 rings (SSSR count). The van der Waals surface area contributed by atoms with E-state index in [-0.39, 0.29) is 12.5 Å². The number of hydrogen-bond acceptors (Lipinski definition) is 4. The highest BCUT2D eigenvalue weighted by Crippen LogP contribution is 2.36. The normalized spacial score (nSPS) is 16.6. The highest BCUT2D eigenvalue weighted by atomic mass is 32.2. The van der Waals surface area contributed by atoms with Crippen LogP contribution in [0.4, 0.5) is 11.4 Å². The lowest BCUT2D eigenvalue weighted by Crippen LogP contribution is -2.48. The van der Waals surface area contributed by atoms with Crippen molar-refractivity contribution in [2.75, 3.05) is 22.4 Å². The summed E-state index contributed by atoms with van der Waals surface area (Å²) < 4.78 is 31.4. The van der Waals surface area contributed by atoms with Gasteiger partial charge in [-0.3, -0.25) is 9.10 Å². The fourth-order valence-corrected chi connectivity index (χ4v) is 3.76. The molecule has 0 bridgehead atoms. The number of carbonyl (C=O) groups is 1. The number of rotatable bonds is 3. The standard InChI is InChI=1S/C19H22N2O4S/c1-12-5-8-17-16(9-12)21(26(4,23)24)11-18(25-17)19(22)20-15-7-6-13(2)14(3)10-15/h5-10,18H,11H2,1-4H3,(H,20,22)/t18-/m1/s1. The van der Waals surface area contributed by atoms with Crippen molar-refractivity contribution in [1.29, 1.82) is 0 Å². The van der Waals surface area contributed by atoms with Crippen molar-refractivity contribution < 1.29 is 17.9 Å². The van der Waals surface area contributed by atoms with Gasteiger partial charge in [-0.1, -0.05) is 12.1 Å². The topological polar surface area (TPSA) is 75.7 Å². The van der Waals surface area contributed by atoms with Crippen LogP contribution < -0.4 is 14.4 Å². The molecule has 0 fully saturated rings. The molecule has 1 N–H and O–H groups in total. The number of anilines is 2. The first kappa shape index (κ1) is 18.3. The van der Waals surface area contributed by atoms with Crippen molar-refractivity contribution in [3.63, 3.8) is 0 Å². The van der Waals surface area contributed by atoms with E-state index in [4.69, 9.17) is 4.74 Å². The van der Waals surface area contributed by atoms with Gasteiger partial charge in [0.1, 0.15) is 5.75 Å². The van der Waals surface area contributed by atoms with Crippen molar-refractivity contribution in [1.82, 2.24) is 0 Å². The van der Waals surface area contributed by atoms with E-state index in [0.717, 1.165) is 22.9 Å². The Labute approximate surface area is 153 Å². The molecular formula is C19H22N2O4S. The zero-order valence-electron chi connectivity index (χ0n) is 15.2. The Morgan fingerprint density at radius 2 is 1.85 bits per heavy atom. The number of carbonyl (C=O) groups excluding carboxylic acids is 1. The quantitative estimate of drug-likeness (QED) is 0.896.